The van der Waals surface area contributed by atoms with Gasteiger partial charge in [0.2, 0.25) is 17.5 Å². The molecule has 1 aliphatic rings. The van der Waals surface area contributed by atoms with Gasteiger partial charge in [-0.3, -0.25) is 0 Å². The number of benzene rings is 2. The first-order chi connectivity index (χ1) is 14.3. The molecule has 0 amide bonds. The van der Waals surface area contributed by atoms with Crippen LogP contribution in [0.4, 0.5) is 13.2 Å². The van der Waals surface area contributed by atoms with E-state index in [1.165, 1.54) is 7.11 Å². The third-order valence-electron chi connectivity index (χ3n) is 4.65. The van der Waals surface area contributed by atoms with Crippen molar-refractivity contribution in [3.05, 3.63) is 77.2 Å². The van der Waals surface area contributed by atoms with Crippen LogP contribution in [0.1, 0.15) is 17.4 Å². The molecule has 0 aliphatic carbocycles. The average Bonchev–Trinajstić information content (AvgIpc) is 3.16. The number of alkyl halides is 3. The van der Waals surface area contributed by atoms with Gasteiger partial charge in [-0.15, -0.1) is 0 Å². The van der Waals surface area contributed by atoms with Crippen LogP contribution >= 0.6 is 0 Å². The number of ether oxygens (including phenoxy) is 2. The van der Waals surface area contributed by atoms with Crippen LogP contribution in [0, 0.1) is 11.3 Å². The van der Waals surface area contributed by atoms with Gasteiger partial charge in [0, 0.05) is 0 Å². The topological polar surface area (TPSA) is 94.3 Å². The quantitative estimate of drug-likeness (QED) is 0.674. The Morgan fingerprint density at radius 2 is 1.83 bits per heavy atom. The molecule has 0 saturated heterocycles. The molecular formula is C21H14F3N3O3. The van der Waals surface area contributed by atoms with Gasteiger partial charge in [-0.1, -0.05) is 24.3 Å². The first kappa shape index (κ1) is 19.4. The molecule has 0 fully saturated rings. The zero-order valence-electron chi connectivity index (χ0n) is 15.5. The van der Waals surface area contributed by atoms with E-state index < -0.39 is 29.3 Å². The molecule has 3 aromatic rings. The fraction of sp³-hybridized carbons (Fsp3) is 0.143. The molecule has 0 saturated carbocycles. The molecule has 1 unspecified atom stereocenters. The van der Waals surface area contributed by atoms with Crippen molar-refractivity contribution in [1.82, 2.24) is 4.98 Å². The Morgan fingerprint density at radius 1 is 1.13 bits per heavy atom. The van der Waals surface area contributed by atoms with Crippen LogP contribution in [0.5, 0.6) is 5.75 Å². The minimum atomic E-state index is -4.90. The highest BCUT2D eigenvalue weighted by atomic mass is 19.4. The van der Waals surface area contributed by atoms with Crippen molar-refractivity contribution in [2.75, 3.05) is 7.11 Å². The second kappa shape index (κ2) is 7.15. The largest absolute Gasteiger partial charge is 0.497 e. The van der Waals surface area contributed by atoms with Crippen LogP contribution in [0.3, 0.4) is 0 Å². The molecule has 1 aliphatic heterocycles. The average molecular weight is 413 g/mol. The third kappa shape index (κ3) is 3.22. The van der Waals surface area contributed by atoms with E-state index in [0.717, 1.165) is 0 Å². The highest BCUT2D eigenvalue weighted by molar-refractivity contribution is 5.81. The number of fused-ring (bicyclic) bond motifs is 1. The van der Waals surface area contributed by atoms with Crippen molar-refractivity contribution in [2.45, 2.75) is 12.1 Å². The van der Waals surface area contributed by atoms with E-state index in [9.17, 15) is 18.4 Å². The Balaban J connectivity index is 2.00. The summed E-state index contributed by atoms with van der Waals surface area (Å²) in [4.78, 5) is 4.20. The Morgan fingerprint density at radius 3 is 2.43 bits per heavy atom. The fourth-order valence-electron chi connectivity index (χ4n) is 3.31. The number of nitrogens with zero attached hydrogens (tertiary/aromatic N) is 2. The van der Waals surface area contributed by atoms with Crippen LogP contribution in [0.2, 0.25) is 0 Å². The van der Waals surface area contributed by atoms with Crippen molar-refractivity contribution >= 4 is 16.7 Å². The number of para-hydroxylation sites is 2. The van der Waals surface area contributed by atoms with E-state index >= 15 is 0 Å². The number of allylic oxidation sites excluding steroid dienone is 3. The molecule has 9 heteroatoms. The Hall–Kier alpha value is -3.93. The number of oxazole rings is 1. The number of hydrogen-bond donors (Lipinski definition) is 1. The minimum Gasteiger partial charge on any atom is -0.497 e. The second-order valence-electron chi connectivity index (χ2n) is 6.43. The SMILES string of the molecule is COc1ccc(C2C(C#N)=C(N)OC(C(F)(F)F)=C2c2nc3ccccc3o2)cc1. The maximum Gasteiger partial charge on any atom is 0.450 e. The van der Waals surface area contributed by atoms with Gasteiger partial charge in [-0.25, -0.2) is 4.98 Å². The monoisotopic (exact) mass is 413 g/mol. The normalized spacial score (nSPS) is 17.1. The summed E-state index contributed by atoms with van der Waals surface area (Å²) < 4.78 is 57.3. The molecule has 4 rings (SSSR count). The summed E-state index contributed by atoms with van der Waals surface area (Å²) in [5, 5.41) is 9.64. The van der Waals surface area contributed by atoms with Gasteiger partial charge in [-0.05, 0) is 29.8 Å². The van der Waals surface area contributed by atoms with Crippen molar-refractivity contribution in [3.63, 3.8) is 0 Å². The summed E-state index contributed by atoms with van der Waals surface area (Å²) >= 11 is 0. The number of nitriles is 1. The summed E-state index contributed by atoms with van der Waals surface area (Å²) in [6, 6.07) is 14.7. The van der Waals surface area contributed by atoms with E-state index in [2.05, 4.69) is 4.98 Å². The maximum atomic E-state index is 13.9. The van der Waals surface area contributed by atoms with Crippen LogP contribution in [-0.4, -0.2) is 18.3 Å². The molecule has 30 heavy (non-hydrogen) atoms. The summed E-state index contributed by atoms with van der Waals surface area (Å²) in [5.74, 6) is -2.98. The molecule has 1 atom stereocenters. The Kier molecular flexibility index (Phi) is 4.62. The smallest absolute Gasteiger partial charge is 0.450 e. The molecule has 0 radical (unpaired) electrons. The number of halogens is 3. The Labute approximate surface area is 168 Å². The lowest BCUT2D eigenvalue weighted by atomic mass is 9.82. The number of methoxy groups -OCH3 is 1. The van der Waals surface area contributed by atoms with Crippen molar-refractivity contribution in [3.8, 4) is 11.8 Å². The third-order valence-corrected chi connectivity index (χ3v) is 4.65. The van der Waals surface area contributed by atoms with Crippen LogP contribution < -0.4 is 10.5 Å². The van der Waals surface area contributed by atoms with Crippen molar-refractivity contribution in [1.29, 1.82) is 5.26 Å². The van der Waals surface area contributed by atoms with E-state index in [4.69, 9.17) is 19.6 Å². The summed E-state index contributed by atoms with van der Waals surface area (Å²) in [6.07, 6.45) is -4.90. The lowest BCUT2D eigenvalue weighted by Gasteiger charge is -2.28. The van der Waals surface area contributed by atoms with E-state index in [-0.39, 0.29) is 11.5 Å². The zero-order valence-corrected chi connectivity index (χ0v) is 15.5. The van der Waals surface area contributed by atoms with E-state index in [1.807, 2.05) is 6.07 Å². The number of rotatable bonds is 3. The van der Waals surface area contributed by atoms with Crippen LogP contribution in [-0.2, 0) is 4.74 Å². The highest BCUT2D eigenvalue weighted by Crippen LogP contribution is 2.48. The lowest BCUT2D eigenvalue weighted by Crippen LogP contribution is -2.27. The van der Waals surface area contributed by atoms with Gasteiger partial charge in [0.1, 0.15) is 22.9 Å². The van der Waals surface area contributed by atoms with Crippen LogP contribution in [0.25, 0.3) is 16.7 Å². The van der Waals surface area contributed by atoms with Crippen molar-refractivity contribution in [2.24, 2.45) is 5.73 Å². The van der Waals surface area contributed by atoms with Gasteiger partial charge in [0.05, 0.1) is 18.6 Å². The first-order valence-electron chi connectivity index (χ1n) is 8.72. The minimum absolute atomic E-state index is 0.176. The van der Waals surface area contributed by atoms with Gasteiger partial charge < -0.3 is 19.6 Å². The summed E-state index contributed by atoms with van der Waals surface area (Å²) in [7, 11) is 1.47. The molecular weight excluding hydrogens is 399 g/mol. The number of nitrogens with two attached hydrogens (primary N) is 1. The standard InChI is InChI=1S/C21H14F3N3O3/c1-28-12-8-6-11(7-9-12)16-13(10-25)19(26)30-18(21(22,23)24)17(16)20-27-14-4-2-3-5-15(14)29-20/h2-9,16H,26H2,1H3. The number of aromatic nitrogens is 1. The molecule has 2 aromatic carbocycles. The molecule has 152 valence electrons. The van der Waals surface area contributed by atoms with Crippen molar-refractivity contribution < 1.29 is 27.1 Å². The molecule has 0 spiro atoms. The molecule has 6 nitrogen and oxygen atoms in total. The first-order valence-corrected chi connectivity index (χ1v) is 8.72. The van der Waals surface area contributed by atoms with Gasteiger partial charge in [-0.2, -0.15) is 18.4 Å². The predicted molar refractivity (Wildman–Crippen MR) is 101 cm³/mol. The molecule has 2 heterocycles. The van der Waals surface area contributed by atoms with E-state index in [1.54, 1.807) is 48.5 Å². The lowest BCUT2D eigenvalue weighted by molar-refractivity contribution is -0.124. The van der Waals surface area contributed by atoms with Gasteiger partial charge in [0.15, 0.2) is 5.58 Å². The maximum absolute atomic E-state index is 13.9. The number of hydrogen-bond acceptors (Lipinski definition) is 6. The summed E-state index contributed by atoms with van der Waals surface area (Å²) in [5.41, 5.74) is 6.15. The Bertz CT molecular complexity index is 1190. The fourth-order valence-corrected chi connectivity index (χ4v) is 3.31. The highest BCUT2D eigenvalue weighted by Gasteiger charge is 2.47. The zero-order chi connectivity index (χ0) is 21.5. The molecule has 1 aromatic heterocycles. The predicted octanol–water partition coefficient (Wildman–Crippen LogP) is 4.62. The summed E-state index contributed by atoms with van der Waals surface area (Å²) in [6.45, 7) is 0. The second-order valence-corrected chi connectivity index (χ2v) is 6.43. The van der Waals surface area contributed by atoms with Gasteiger partial charge >= 0.3 is 6.18 Å². The van der Waals surface area contributed by atoms with Crippen LogP contribution in [0.15, 0.2) is 70.2 Å². The van der Waals surface area contributed by atoms with E-state index in [0.29, 0.717) is 22.4 Å². The molecule has 2 N–H and O–H groups in total. The molecule has 0 bridgehead atoms. The van der Waals surface area contributed by atoms with Gasteiger partial charge in [0.25, 0.3) is 0 Å².